The van der Waals surface area contributed by atoms with E-state index >= 15 is 0 Å². The van der Waals surface area contributed by atoms with Crippen molar-refractivity contribution in [3.63, 3.8) is 0 Å². The molecule has 0 radical (unpaired) electrons. The Balaban J connectivity index is 1.96. The molecule has 3 rings (SSSR count). The molecular formula is C24H19Cl2NO3. The molecule has 0 aliphatic heterocycles. The lowest BCUT2D eigenvalue weighted by Crippen LogP contribution is -1.98. The highest BCUT2D eigenvalue weighted by atomic mass is 35.5. The van der Waals surface area contributed by atoms with Crippen molar-refractivity contribution < 1.29 is 14.2 Å². The molecule has 0 aliphatic rings. The first-order valence-electron chi connectivity index (χ1n) is 9.05. The smallest absolute Gasteiger partial charge is 0.161 e. The summed E-state index contributed by atoms with van der Waals surface area (Å²) in [5.74, 6) is 1.72. The predicted molar refractivity (Wildman–Crippen MR) is 120 cm³/mol. The number of nitrogens with zero attached hydrogens (tertiary/aromatic N) is 1. The van der Waals surface area contributed by atoms with Crippen LogP contribution in [0.4, 0.5) is 0 Å². The van der Waals surface area contributed by atoms with Crippen LogP contribution in [-0.4, -0.2) is 14.2 Å². The van der Waals surface area contributed by atoms with Crippen molar-refractivity contribution >= 4 is 34.9 Å². The van der Waals surface area contributed by atoms with Gasteiger partial charge >= 0.3 is 0 Å². The molecule has 0 fully saturated rings. The van der Waals surface area contributed by atoms with Crippen molar-refractivity contribution in [1.82, 2.24) is 0 Å². The number of nitriles is 1. The van der Waals surface area contributed by atoms with E-state index in [4.69, 9.17) is 37.4 Å². The van der Waals surface area contributed by atoms with Gasteiger partial charge in [0.1, 0.15) is 12.4 Å². The van der Waals surface area contributed by atoms with E-state index in [0.717, 1.165) is 5.56 Å². The fourth-order valence-electron chi connectivity index (χ4n) is 2.87. The van der Waals surface area contributed by atoms with Gasteiger partial charge in [0.05, 0.1) is 25.9 Å². The Morgan fingerprint density at radius 1 is 0.933 bits per heavy atom. The molecule has 0 aliphatic carbocycles. The maximum absolute atomic E-state index is 9.75. The maximum atomic E-state index is 9.75. The van der Waals surface area contributed by atoms with E-state index in [2.05, 4.69) is 6.07 Å². The Hall–Kier alpha value is -3.13. The molecule has 0 heterocycles. The Kier molecular flexibility index (Phi) is 7.24. The molecule has 0 saturated heterocycles. The largest absolute Gasteiger partial charge is 0.493 e. The molecule has 3 aromatic carbocycles. The maximum Gasteiger partial charge on any atom is 0.161 e. The van der Waals surface area contributed by atoms with Crippen molar-refractivity contribution in [2.45, 2.75) is 6.61 Å². The minimum Gasteiger partial charge on any atom is -0.493 e. The number of halogens is 2. The summed E-state index contributed by atoms with van der Waals surface area (Å²) in [6.07, 6.45) is 1.73. The monoisotopic (exact) mass is 439 g/mol. The Bertz CT molecular complexity index is 1120. The second-order valence-electron chi connectivity index (χ2n) is 6.30. The zero-order valence-electron chi connectivity index (χ0n) is 16.5. The normalized spacial score (nSPS) is 11.0. The standard InChI is InChI=1S/C24H19Cl2NO3/c1-28-23-9-7-16(13-24(23)29-2)19(14-27)11-18-12-20(25)8-10-22(18)30-15-17-5-3-4-6-21(17)26/h3-13H,15H2,1-2H3/b19-11+. The summed E-state index contributed by atoms with van der Waals surface area (Å²) in [6.45, 7) is 0.292. The molecule has 152 valence electrons. The highest BCUT2D eigenvalue weighted by Crippen LogP contribution is 2.33. The van der Waals surface area contributed by atoms with E-state index in [1.807, 2.05) is 24.3 Å². The third-order valence-electron chi connectivity index (χ3n) is 4.43. The van der Waals surface area contributed by atoms with Gasteiger partial charge in [-0.3, -0.25) is 0 Å². The number of hydrogen-bond acceptors (Lipinski definition) is 4. The SMILES string of the molecule is COc1ccc(/C(C#N)=C/c2cc(Cl)ccc2OCc2ccccc2Cl)cc1OC. The highest BCUT2D eigenvalue weighted by Gasteiger charge is 2.11. The van der Waals surface area contributed by atoms with Crippen LogP contribution in [0.2, 0.25) is 10.0 Å². The van der Waals surface area contributed by atoms with Gasteiger partial charge in [-0.2, -0.15) is 5.26 Å². The van der Waals surface area contributed by atoms with E-state index < -0.39 is 0 Å². The number of ether oxygens (including phenoxy) is 3. The van der Waals surface area contributed by atoms with Gasteiger partial charge < -0.3 is 14.2 Å². The van der Waals surface area contributed by atoms with Crippen LogP contribution in [0, 0.1) is 11.3 Å². The second kappa shape index (κ2) is 10.1. The Morgan fingerprint density at radius 3 is 2.37 bits per heavy atom. The fourth-order valence-corrected chi connectivity index (χ4v) is 3.24. The minimum atomic E-state index is 0.292. The van der Waals surface area contributed by atoms with E-state index in [1.165, 1.54) is 0 Å². The first-order chi connectivity index (χ1) is 14.5. The van der Waals surface area contributed by atoms with Crippen LogP contribution in [0.1, 0.15) is 16.7 Å². The van der Waals surface area contributed by atoms with E-state index in [9.17, 15) is 5.26 Å². The third kappa shape index (κ3) is 5.07. The average Bonchev–Trinajstić information content (AvgIpc) is 2.77. The summed E-state index contributed by atoms with van der Waals surface area (Å²) >= 11 is 12.4. The van der Waals surface area contributed by atoms with Gasteiger partial charge in [0.25, 0.3) is 0 Å². The molecule has 0 spiro atoms. The number of hydrogen-bond donors (Lipinski definition) is 0. The van der Waals surface area contributed by atoms with E-state index in [1.54, 1.807) is 56.7 Å². The predicted octanol–water partition coefficient (Wildman–Crippen LogP) is 6.65. The molecule has 0 aromatic heterocycles. The lowest BCUT2D eigenvalue weighted by Gasteiger charge is -2.12. The second-order valence-corrected chi connectivity index (χ2v) is 7.15. The van der Waals surface area contributed by atoms with Gasteiger partial charge in [-0.15, -0.1) is 0 Å². The van der Waals surface area contributed by atoms with Gasteiger partial charge in [0.15, 0.2) is 11.5 Å². The van der Waals surface area contributed by atoms with Gasteiger partial charge in [-0.1, -0.05) is 41.4 Å². The molecule has 0 bridgehead atoms. The van der Waals surface area contributed by atoms with Crippen LogP contribution >= 0.6 is 23.2 Å². The van der Waals surface area contributed by atoms with Gasteiger partial charge in [0, 0.05) is 21.2 Å². The molecule has 0 unspecified atom stereocenters. The van der Waals surface area contributed by atoms with Crippen molar-refractivity contribution in [2.24, 2.45) is 0 Å². The molecule has 0 N–H and O–H groups in total. The molecule has 6 heteroatoms. The summed E-state index contributed by atoms with van der Waals surface area (Å²) in [6, 6.07) is 20.3. The number of benzene rings is 3. The summed E-state index contributed by atoms with van der Waals surface area (Å²) in [4.78, 5) is 0. The summed E-state index contributed by atoms with van der Waals surface area (Å²) in [7, 11) is 3.11. The van der Waals surface area contributed by atoms with Crippen molar-refractivity contribution in [1.29, 1.82) is 5.26 Å². The van der Waals surface area contributed by atoms with E-state index in [-0.39, 0.29) is 0 Å². The lowest BCUT2D eigenvalue weighted by molar-refractivity contribution is 0.305. The van der Waals surface area contributed by atoms with Crippen molar-refractivity contribution in [3.05, 3.63) is 87.4 Å². The summed E-state index contributed by atoms with van der Waals surface area (Å²) in [5, 5.41) is 10.9. The van der Waals surface area contributed by atoms with Crippen LogP contribution in [0.3, 0.4) is 0 Å². The zero-order valence-corrected chi connectivity index (χ0v) is 18.0. The highest BCUT2D eigenvalue weighted by molar-refractivity contribution is 6.31. The number of methoxy groups -OCH3 is 2. The molecule has 0 amide bonds. The van der Waals surface area contributed by atoms with Gasteiger partial charge in [-0.05, 0) is 54.1 Å². The van der Waals surface area contributed by atoms with Crippen LogP contribution in [0.15, 0.2) is 60.7 Å². The van der Waals surface area contributed by atoms with Crippen molar-refractivity contribution in [2.75, 3.05) is 14.2 Å². The fraction of sp³-hybridized carbons (Fsp3) is 0.125. The van der Waals surface area contributed by atoms with Crippen molar-refractivity contribution in [3.8, 4) is 23.3 Å². The topological polar surface area (TPSA) is 51.5 Å². The first kappa shape index (κ1) is 21.6. The number of rotatable bonds is 7. The quantitative estimate of drug-likeness (QED) is 0.305. The Labute approximate surface area is 185 Å². The summed E-state index contributed by atoms with van der Waals surface area (Å²) < 4.78 is 16.6. The van der Waals surface area contributed by atoms with Crippen LogP contribution in [0.5, 0.6) is 17.2 Å². The average molecular weight is 440 g/mol. The van der Waals surface area contributed by atoms with Gasteiger partial charge in [-0.25, -0.2) is 0 Å². The lowest BCUT2D eigenvalue weighted by atomic mass is 10.0. The summed E-state index contributed by atoms with van der Waals surface area (Å²) in [5.41, 5.74) is 2.67. The molecule has 0 atom stereocenters. The molecular weight excluding hydrogens is 421 g/mol. The van der Waals surface area contributed by atoms with E-state index in [0.29, 0.717) is 50.6 Å². The number of allylic oxidation sites excluding steroid dienone is 1. The molecule has 3 aromatic rings. The molecule has 4 nitrogen and oxygen atoms in total. The molecule has 30 heavy (non-hydrogen) atoms. The third-order valence-corrected chi connectivity index (χ3v) is 5.03. The van der Waals surface area contributed by atoms with Gasteiger partial charge in [0.2, 0.25) is 0 Å². The van der Waals surface area contributed by atoms with Crippen LogP contribution in [-0.2, 0) is 6.61 Å². The Morgan fingerprint density at radius 2 is 1.67 bits per heavy atom. The molecule has 0 saturated carbocycles. The van der Waals surface area contributed by atoms with Crippen LogP contribution < -0.4 is 14.2 Å². The minimum absolute atomic E-state index is 0.292. The van der Waals surface area contributed by atoms with Crippen LogP contribution in [0.25, 0.3) is 11.6 Å². The zero-order chi connectivity index (χ0) is 21.5. The first-order valence-corrected chi connectivity index (χ1v) is 9.81.